The second-order valence-electron chi connectivity index (χ2n) is 4.35. The minimum atomic E-state index is -0.291. The van der Waals surface area contributed by atoms with E-state index in [4.69, 9.17) is 4.74 Å². The van der Waals surface area contributed by atoms with Crippen molar-refractivity contribution in [1.82, 2.24) is 5.32 Å². The Morgan fingerprint density at radius 1 is 1.50 bits per heavy atom. The van der Waals surface area contributed by atoms with Crippen LogP contribution in [0.4, 0.5) is 0 Å². The maximum Gasteiger partial charge on any atom is 0.255 e. The summed E-state index contributed by atoms with van der Waals surface area (Å²) < 4.78 is 4.96. The maximum atomic E-state index is 11.9. The number of nitrogens with one attached hydrogen (secondary N) is 1. The van der Waals surface area contributed by atoms with Crippen LogP contribution in [0.2, 0.25) is 0 Å². The molecular weight excluding hydrogens is 298 g/mol. The molecule has 1 amide bonds. The van der Waals surface area contributed by atoms with Crippen LogP contribution in [0.1, 0.15) is 24.2 Å². The summed E-state index contributed by atoms with van der Waals surface area (Å²) in [5.74, 6) is 0.571. The normalized spacial score (nSPS) is 12.3. The number of methoxy groups -OCH3 is 1. The van der Waals surface area contributed by atoms with Gasteiger partial charge in [0.25, 0.3) is 5.91 Å². The van der Waals surface area contributed by atoms with Crippen LogP contribution in [0.3, 0.4) is 0 Å². The molecule has 4 nitrogen and oxygen atoms in total. The SMILES string of the molecule is COc1ccc(C(=O)NCC(Br)C(C)C)c(O)c1. The molecule has 0 heterocycles. The quantitative estimate of drug-likeness (QED) is 0.821. The van der Waals surface area contributed by atoms with Gasteiger partial charge < -0.3 is 15.2 Å². The van der Waals surface area contributed by atoms with Crippen LogP contribution < -0.4 is 10.1 Å². The van der Waals surface area contributed by atoms with E-state index < -0.39 is 0 Å². The number of ether oxygens (including phenoxy) is 1. The van der Waals surface area contributed by atoms with Crippen molar-refractivity contribution in [3.05, 3.63) is 23.8 Å². The molecule has 0 saturated carbocycles. The molecule has 1 aromatic carbocycles. The second kappa shape index (κ2) is 6.64. The first-order chi connectivity index (χ1) is 8.45. The number of phenolic OH excluding ortho intramolecular Hbond substituents is 1. The summed E-state index contributed by atoms with van der Waals surface area (Å²) in [6.45, 7) is 4.65. The fraction of sp³-hybridized carbons (Fsp3) is 0.462. The van der Waals surface area contributed by atoms with E-state index in [1.165, 1.54) is 13.2 Å². The number of benzene rings is 1. The van der Waals surface area contributed by atoms with Gasteiger partial charge in [-0.05, 0) is 18.1 Å². The fourth-order valence-electron chi connectivity index (χ4n) is 1.35. The van der Waals surface area contributed by atoms with E-state index in [0.717, 1.165) is 0 Å². The lowest BCUT2D eigenvalue weighted by atomic mass is 10.1. The van der Waals surface area contributed by atoms with Gasteiger partial charge in [0.15, 0.2) is 0 Å². The van der Waals surface area contributed by atoms with Crippen LogP contribution in [0.5, 0.6) is 11.5 Å². The van der Waals surface area contributed by atoms with E-state index in [-0.39, 0.29) is 22.0 Å². The van der Waals surface area contributed by atoms with Crippen molar-refractivity contribution in [3.63, 3.8) is 0 Å². The number of hydrogen-bond donors (Lipinski definition) is 2. The van der Waals surface area contributed by atoms with Crippen molar-refractivity contribution in [1.29, 1.82) is 0 Å². The van der Waals surface area contributed by atoms with E-state index in [0.29, 0.717) is 18.2 Å². The highest BCUT2D eigenvalue weighted by atomic mass is 79.9. The molecule has 5 heteroatoms. The number of phenols is 1. The van der Waals surface area contributed by atoms with Crippen molar-refractivity contribution in [2.75, 3.05) is 13.7 Å². The summed E-state index contributed by atoms with van der Waals surface area (Å²) in [6, 6.07) is 4.60. The third kappa shape index (κ3) is 3.91. The van der Waals surface area contributed by atoms with E-state index >= 15 is 0 Å². The molecular formula is C13H18BrNO3. The zero-order valence-electron chi connectivity index (χ0n) is 10.7. The average Bonchev–Trinajstić information content (AvgIpc) is 2.34. The molecule has 0 bridgehead atoms. The van der Waals surface area contributed by atoms with Gasteiger partial charge in [-0.25, -0.2) is 0 Å². The Balaban J connectivity index is 2.67. The first kappa shape index (κ1) is 14.8. The van der Waals surface area contributed by atoms with Gasteiger partial charge in [-0.15, -0.1) is 0 Å². The lowest BCUT2D eigenvalue weighted by Crippen LogP contribution is -2.31. The minimum absolute atomic E-state index is 0.0810. The maximum absolute atomic E-state index is 11.9. The van der Waals surface area contributed by atoms with Gasteiger partial charge in [-0.3, -0.25) is 4.79 Å². The Morgan fingerprint density at radius 3 is 2.67 bits per heavy atom. The van der Waals surface area contributed by atoms with E-state index in [1.807, 2.05) is 0 Å². The Morgan fingerprint density at radius 2 is 2.17 bits per heavy atom. The Kier molecular flexibility index (Phi) is 5.47. The van der Waals surface area contributed by atoms with Gasteiger partial charge in [-0.2, -0.15) is 0 Å². The van der Waals surface area contributed by atoms with Crippen molar-refractivity contribution < 1.29 is 14.6 Å². The molecule has 0 spiro atoms. The number of halogens is 1. The molecule has 100 valence electrons. The Hall–Kier alpha value is -1.23. The van der Waals surface area contributed by atoms with E-state index in [9.17, 15) is 9.90 Å². The number of alkyl halides is 1. The number of rotatable bonds is 5. The summed E-state index contributed by atoms with van der Waals surface area (Å²) in [5.41, 5.74) is 0.249. The summed E-state index contributed by atoms with van der Waals surface area (Å²) in [6.07, 6.45) is 0. The Labute approximate surface area is 115 Å². The summed E-state index contributed by atoms with van der Waals surface area (Å²) in [7, 11) is 1.51. The smallest absolute Gasteiger partial charge is 0.255 e. The Bertz CT molecular complexity index is 421. The molecule has 18 heavy (non-hydrogen) atoms. The van der Waals surface area contributed by atoms with Gasteiger partial charge in [0.05, 0.1) is 12.7 Å². The molecule has 1 atom stereocenters. The van der Waals surface area contributed by atoms with Crippen LogP contribution >= 0.6 is 15.9 Å². The number of carbonyl (C=O) groups excluding carboxylic acids is 1. The van der Waals surface area contributed by atoms with Crippen LogP contribution in [-0.2, 0) is 0 Å². The van der Waals surface area contributed by atoms with E-state index in [2.05, 4.69) is 35.1 Å². The summed E-state index contributed by atoms with van der Waals surface area (Å²) in [4.78, 5) is 12.1. The molecule has 0 fully saturated rings. The van der Waals surface area contributed by atoms with E-state index in [1.54, 1.807) is 12.1 Å². The van der Waals surface area contributed by atoms with Crippen molar-refractivity contribution in [2.24, 2.45) is 5.92 Å². The lowest BCUT2D eigenvalue weighted by Gasteiger charge is -2.15. The van der Waals surface area contributed by atoms with Crippen LogP contribution in [0, 0.1) is 5.92 Å². The number of hydrogen-bond acceptors (Lipinski definition) is 3. The lowest BCUT2D eigenvalue weighted by molar-refractivity contribution is 0.0950. The van der Waals surface area contributed by atoms with Gasteiger partial charge >= 0.3 is 0 Å². The predicted octanol–water partition coefficient (Wildman–Crippen LogP) is 2.55. The standard InChI is InChI=1S/C13H18BrNO3/c1-8(2)11(14)7-15-13(17)10-5-4-9(18-3)6-12(10)16/h4-6,8,11,16H,7H2,1-3H3,(H,15,17). The zero-order chi connectivity index (χ0) is 13.7. The highest BCUT2D eigenvalue weighted by Crippen LogP contribution is 2.23. The molecule has 0 aliphatic carbocycles. The largest absolute Gasteiger partial charge is 0.507 e. The van der Waals surface area contributed by atoms with Crippen molar-refractivity contribution >= 4 is 21.8 Å². The fourth-order valence-corrected chi connectivity index (χ4v) is 1.51. The summed E-state index contributed by atoms with van der Waals surface area (Å²) in [5, 5.41) is 12.5. The number of amides is 1. The first-order valence-corrected chi connectivity index (χ1v) is 6.66. The van der Waals surface area contributed by atoms with Crippen LogP contribution in [0.15, 0.2) is 18.2 Å². The zero-order valence-corrected chi connectivity index (χ0v) is 12.3. The third-order valence-electron chi connectivity index (χ3n) is 2.63. The van der Waals surface area contributed by atoms with Crippen LogP contribution in [0.25, 0.3) is 0 Å². The van der Waals surface area contributed by atoms with Gasteiger partial charge in [0, 0.05) is 17.4 Å². The molecule has 1 aromatic rings. The van der Waals surface area contributed by atoms with Gasteiger partial charge in [-0.1, -0.05) is 29.8 Å². The monoisotopic (exact) mass is 315 g/mol. The summed E-state index contributed by atoms with van der Waals surface area (Å²) >= 11 is 3.49. The average molecular weight is 316 g/mol. The van der Waals surface area contributed by atoms with Gasteiger partial charge in [0.1, 0.15) is 11.5 Å². The van der Waals surface area contributed by atoms with Gasteiger partial charge in [0.2, 0.25) is 0 Å². The highest BCUT2D eigenvalue weighted by molar-refractivity contribution is 9.09. The minimum Gasteiger partial charge on any atom is -0.507 e. The molecule has 0 aliphatic rings. The molecule has 0 saturated heterocycles. The molecule has 0 radical (unpaired) electrons. The first-order valence-electron chi connectivity index (χ1n) is 5.75. The highest BCUT2D eigenvalue weighted by Gasteiger charge is 2.14. The predicted molar refractivity (Wildman–Crippen MR) is 74.5 cm³/mol. The van der Waals surface area contributed by atoms with Crippen LogP contribution in [-0.4, -0.2) is 29.5 Å². The topological polar surface area (TPSA) is 58.6 Å². The third-order valence-corrected chi connectivity index (χ3v) is 4.01. The molecule has 2 N–H and O–H groups in total. The molecule has 1 rings (SSSR count). The van der Waals surface area contributed by atoms with Crippen molar-refractivity contribution in [2.45, 2.75) is 18.7 Å². The second-order valence-corrected chi connectivity index (χ2v) is 5.53. The number of aromatic hydroxyl groups is 1. The molecule has 0 aromatic heterocycles. The number of carbonyl (C=O) groups is 1. The molecule has 0 aliphatic heterocycles. The van der Waals surface area contributed by atoms with Crippen molar-refractivity contribution in [3.8, 4) is 11.5 Å². The molecule has 1 unspecified atom stereocenters.